The summed E-state index contributed by atoms with van der Waals surface area (Å²) in [7, 11) is 1.29. The third-order valence-electron chi connectivity index (χ3n) is 2.67. The third kappa shape index (κ3) is 4.77. The molecule has 1 amide bonds. The normalized spacial score (nSPS) is 11.8. The van der Waals surface area contributed by atoms with Crippen molar-refractivity contribution in [3.63, 3.8) is 0 Å². The molecule has 0 aromatic heterocycles. The summed E-state index contributed by atoms with van der Waals surface area (Å²) in [5, 5.41) is 2.59. The largest absolute Gasteiger partial charge is 0.467 e. The Labute approximate surface area is 119 Å². The zero-order chi connectivity index (χ0) is 15.2. The first kappa shape index (κ1) is 15.8. The molecule has 0 spiro atoms. The summed E-state index contributed by atoms with van der Waals surface area (Å²) in [4.78, 5) is 23.5. The number of benzene rings is 1. The van der Waals surface area contributed by atoms with Crippen LogP contribution < -0.4 is 5.32 Å². The average molecular weight is 273 g/mol. The summed E-state index contributed by atoms with van der Waals surface area (Å²) >= 11 is 0. The van der Waals surface area contributed by atoms with E-state index in [2.05, 4.69) is 17.2 Å². The van der Waals surface area contributed by atoms with Crippen molar-refractivity contribution in [3.05, 3.63) is 35.9 Å². The van der Waals surface area contributed by atoms with Gasteiger partial charge in [-0.2, -0.15) is 0 Å². The van der Waals surface area contributed by atoms with Crippen LogP contribution in [-0.2, 0) is 14.3 Å². The standard InChI is InChI=1S/C16H19NO3/c1-16(2,3)14(15(19)20-4)17-13(18)11-10-12-8-6-5-7-9-12/h5-9,14H,1-4H3,(H,17,18)/t14-/m1/s1. The van der Waals surface area contributed by atoms with E-state index in [1.54, 1.807) is 0 Å². The van der Waals surface area contributed by atoms with Crippen molar-refractivity contribution in [3.8, 4) is 11.8 Å². The van der Waals surface area contributed by atoms with Gasteiger partial charge < -0.3 is 10.1 Å². The van der Waals surface area contributed by atoms with Gasteiger partial charge in [0, 0.05) is 11.5 Å². The van der Waals surface area contributed by atoms with Crippen LogP contribution in [0.2, 0.25) is 0 Å². The lowest BCUT2D eigenvalue weighted by molar-refractivity contribution is -0.147. The van der Waals surface area contributed by atoms with Crippen molar-refractivity contribution in [1.29, 1.82) is 0 Å². The number of amides is 1. The predicted octanol–water partition coefficient (Wildman–Crippen LogP) is 1.74. The average Bonchev–Trinajstić information content (AvgIpc) is 2.41. The molecule has 0 bridgehead atoms. The van der Waals surface area contributed by atoms with Crippen LogP contribution in [0.4, 0.5) is 0 Å². The first-order valence-electron chi connectivity index (χ1n) is 6.30. The van der Waals surface area contributed by atoms with Gasteiger partial charge in [0.15, 0.2) is 0 Å². The van der Waals surface area contributed by atoms with Crippen molar-refractivity contribution in [1.82, 2.24) is 5.32 Å². The minimum absolute atomic E-state index is 0.447. The van der Waals surface area contributed by atoms with Crippen LogP contribution in [-0.4, -0.2) is 25.0 Å². The van der Waals surface area contributed by atoms with Gasteiger partial charge in [0.25, 0.3) is 5.91 Å². The molecule has 4 nitrogen and oxygen atoms in total. The number of ether oxygens (including phenoxy) is 1. The maximum absolute atomic E-state index is 11.8. The van der Waals surface area contributed by atoms with Gasteiger partial charge in [-0.05, 0) is 17.5 Å². The van der Waals surface area contributed by atoms with E-state index in [9.17, 15) is 9.59 Å². The van der Waals surface area contributed by atoms with E-state index in [-0.39, 0.29) is 0 Å². The van der Waals surface area contributed by atoms with Gasteiger partial charge in [-0.15, -0.1) is 0 Å². The van der Waals surface area contributed by atoms with Crippen LogP contribution in [0.1, 0.15) is 26.3 Å². The Kier molecular flexibility index (Phi) is 5.33. The van der Waals surface area contributed by atoms with Crippen molar-refractivity contribution in [2.45, 2.75) is 26.8 Å². The van der Waals surface area contributed by atoms with Crippen LogP contribution in [0.3, 0.4) is 0 Å². The summed E-state index contributed by atoms with van der Waals surface area (Å²) < 4.78 is 4.70. The highest BCUT2D eigenvalue weighted by Crippen LogP contribution is 2.20. The Morgan fingerprint density at radius 1 is 1.20 bits per heavy atom. The molecule has 0 aliphatic rings. The number of hydrogen-bond acceptors (Lipinski definition) is 3. The molecular formula is C16H19NO3. The first-order valence-corrected chi connectivity index (χ1v) is 6.30. The molecule has 0 aliphatic carbocycles. The van der Waals surface area contributed by atoms with Crippen molar-refractivity contribution in [2.24, 2.45) is 5.41 Å². The second-order valence-corrected chi connectivity index (χ2v) is 5.41. The van der Waals surface area contributed by atoms with E-state index in [0.29, 0.717) is 0 Å². The Morgan fingerprint density at radius 3 is 2.30 bits per heavy atom. The molecule has 1 aromatic carbocycles. The van der Waals surface area contributed by atoms with Crippen molar-refractivity contribution >= 4 is 11.9 Å². The molecule has 1 atom stereocenters. The molecule has 4 heteroatoms. The van der Waals surface area contributed by atoms with Gasteiger partial charge in [-0.3, -0.25) is 4.79 Å². The van der Waals surface area contributed by atoms with E-state index in [0.717, 1.165) is 5.56 Å². The number of methoxy groups -OCH3 is 1. The van der Waals surface area contributed by atoms with Gasteiger partial charge >= 0.3 is 5.97 Å². The second-order valence-electron chi connectivity index (χ2n) is 5.41. The molecule has 1 rings (SSSR count). The highest BCUT2D eigenvalue weighted by atomic mass is 16.5. The van der Waals surface area contributed by atoms with Crippen LogP contribution >= 0.6 is 0 Å². The first-order chi connectivity index (χ1) is 9.34. The molecule has 106 valence electrons. The lowest BCUT2D eigenvalue weighted by Gasteiger charge is -2.28. The Balaban J connectivity index is 2.78. The minimum atomic E-state index is -0.731. The zero-order valence-corrected chi connectivity index (χ0v) is 12.2. The molecule has 0 saturated carbocycles. The molecular weight excluding hydrogens is 254 g/mol. The molecule has 0 heterocycles. The summed E-state index contributed by atoms with van der Waals surface area (Å²) in [5.41, 5.74) is 0.296. The van der Waals surface area contributed by atoms with E-state index >= 15 is 0 Å². The van der Waals surface area contributed by atoms with E-state index in [1.807, 2.05) is 51.1 Å². The van der Waals surface area contributed by atoms with E-state index < -0.39 is 23.3 Å². The fourth-order valence-corrected chi connectivity index (χ4v) is 1.56. The smallest absolute Gasteiger partial charge is 0.328 e. The molecule has 0 saturated heterocycles. The SMILES string of the molecule is COC(=O)[C@@H](NC(=O)C#Cc1ccccc1)C(C)(C)C. The quantitative estimate of drug-likeness (QED) is 0.659. The predicted molar refractivity (Wildman–Crippen MR) is 76.7 cm³/mol. The van der Waals surface area contributed by atoms with Crippen LogP contribution in [0.25, 0.3) is 0 Å². The second kappa shape index (κ2) is 6.76. The van der Waals surface area contributed by atoms with Crippen molar-refractivity contribution in [2.75, 3.05) is 7.11 Å². The summed E-state index contributed by atoms with van der Waals surface area (Å²) in [5.74, 6) is 4.24. The Bertz CT molecular complexity index is 532. The lowest BCUT2D eigenvalue weighted by Crippen LogP contribution is -2.49. The molecule has 1 aromatic rings. The molecule has 1 N–H and O–H groups in total. The van der Waals surface area contributed by atoms with Gasteiger partial charge in [0.1, 0.15) is 6.04 Å². The lowest BCUT2D eigenvalue weighted by atomic mass is 9.86. The summed E-state index contributed by atoms with van der Waals surface area (Å²) in [6, 6.07) is 8.44. The number of nitrogens with one attached hydrogen (secondary N) is 1. The monoisotopic (exact) mass is 273 g/mol. The van der Waals surface area contributed by atoms with Gasteiger partial charge in [0.05, 0.1) is 7.11 Å². The highest BCUT2D eigenvalue weighted by molar-refractivity contribution is 5.96. The number of hydrogen-bond donors (Lipinski definition) is 1. The van der Waals surface area contributed by atoms with Crippen LogP contribution in [0.5, 0.6) is 0 Å². The summed E-state index contributed by atoms with van der Waals surface area (Å²) in [6.07, 6.45) is 0. The molecule has 0 unspecified atom stereocenters. The number of rotatable bonds is 2. The fraction of sp³-hybridized carbons (Fsp3) is 0.375. The topological polar surface area (TPSA) is 55.4 Å². The minimum Gasteiger partial charge on any atom is -0.467 e. The van der Waals surface area contributed by atoms with Crippen LogP contribution in [0.15, 0.2) is 30.3 Å². The van der Waals surface area contributed by atoms with E-state index in [4.69, 9.17) is 4.74 Å². The van der Waals surface area contributed by atoms with Crippen LogP contribution in [0, 0.1) is 17.3 Å². The number of carbonyl (C=O) groups is 2. The maximum Gasteiger partial charge on any atom is 0.328 e. The zero-order valence-electron chi connectivity index (χ0n) is 12.2. The number of esters is 1. The Morgan fingerprint density at radius 2 is 1.80 bits per heavy atom. The third-order valence-corrected chi connectivity index (χ3v) is 2.67. The van der Waals surface area contributed by atoms with E-state index in [1.165, 1.54) is 7.11 Å². The van der Waals surface area contributed by atoms with Gasteiger partial charge in [0.2, 0.25) is 0 Å². The fourth-order valence-electron chi connectivity index (χ4n) is 1.56. The summed E-state index contributed by atoms with van der Waals surface area (Å²) in [6.45, 7) is 5.54. The van der Waals surface area contributed by atoms with Crippen molar-refractivity contribution < 1.29 is 14.3 Å². The molecule has 0 aliphatic heterocycles. The highest BCUT2D eigenvalue weighted by Gasteiger charge is 2.33. The molecule has 20 heavy (non-hydrogen) atoms. The number of carbonyl (C=O) groups excluding carboxylic acids is 2. The van der Waals surface area contributed by atoms with Gasteiger partial charge in [-0.25, -0.2) is 4.79 Å². The van der Waals surface area contributed by atoms with Gasteiger partial charge in [-0.1, -0.05) is 44.9 Å². The molecule has 0 fully saturated rings. The Hall–Kier alpha value is -2.28. The molecule has 0 radical (unpaired) electrons. The maximum atomic E-state index is 11.8.